The number of methoxy groups -OCH3 is 3. The third-order valence-electron chi connectivity index (χ3n) is 4.44. The van der Waals surface area contributed by atoms with Crippen LogP contribution in [0.3, 0.4) is 0 Å². The molecule has 174 valence electrons. The Bertz CT molecular complexity index is 1090. The number of nitrogens with zero attached hydrogens (tertiary/aromatic N) is 2. The smallest absolute Gasteiger partial charge is 0.277 e. The summed E-state index contributed by atoms with van der Waals surface area (Å²) in [5.41, 5.74) is 2.14. The van der Waals surface area contributed by atoms with Crippen LogP contribution in [0.1, 0.15) is 21.8 Å². The molecule has 2 aromatic carbocycles. The van der Waals surface area contributed by atoms with Crippen molar-refractivity contribution in [2.24, 2.45) is 0 Å². The molecule has 0 aliphatic rings. The van der Waals surface area contributed by atoms with Crippen LogP contribution in [0.5, 0.6) is 17.2 Å². The normalized spacial score (nSPS) is 10.4. The van der Waals surface area contributed by atoms with Gasteiger partial charge < -0.3 is 29.3 Å². The molecule has 0 spiro atoms. The molecule has 0 aliphatic heterocycles. The molecule has 0 atom stereocenters. The highest BCUT2D eigenvalue weighted by Crippen LogP contribution is 2.38. The predicted molar refractivity (Wildman–Crippen MR) is 122 cm³/mol. The highest BCUT2D eigenvalue weighted by atomic mass is 32.2. The van der Waals surface area contributed by atoms with Crippen LogP contribution in [0.15, 0.2) is 46.0 Å². The lowest BCUT2D eigenvalue weighted by molar-refractivity contribution is -0.113. The van der Waals surface area contributed by atoms with E-state index in [1.165, 1.54) is 21.3 Å². The third kappa shape index (κ3) is 6.39. The van der Waals surface area contributed by atoms with E-state index in [2.05, 4.69) is 20.8 Å². The second-order valence-corrected chi connectivity index (χ2v) is 7.69. The quantitative estimate of drug-likeness (QED) is 0.428. The summed E-state index contributed by atoms with van der Waals surface area (Å²) in [4.78, 5) is 24.7. The van der Waals surface area contributed by atoms with Crippen molar-refractivity contribution in [2.45, 2.75) is 18.7 Å². The first-order valence-electron chi connectivity index (χ1n) is 9.83. The topological polar surface area (TPSA) is 125 Å². The highest BCUT2D eigenvalue weighted by molar-refractivity contribution is 7.99. The lowest BCUT2D eigenvalue weighted by atomic mass is 10.1. The summed E-state index contributed by atoms with van der Waals surface area (Å²) in [6, 6.07) is 10.6. The molecule has 1 heterocycles. The van der Waals surface area contributed by atoms with Crippen molar-refractivity contribution < 1.29 is 28.2 Å². The number of carbonyl (C=O) groups is 2. The fourth-order valence-electron chi connectivity index (χ4n) is 2.80. The average molecular weight is 473 g/mol. The number of thioether (sulfide) groups is 1. The number of hydrogen-bond acceptors (Lipinski definition) is 9. The summed E-state index contributed by atoms with van der Waals surface area (Å²) in [5.74, 6) is 0.842. The molecule has 0 saturated heterocycles. The number of hydrogen-bond donors (Lipinski definition) is 2. The summed E-state index contributed by atoms with van der Waals surface area (Å²) < 4.78 is 21.3. The Morgan fingerprint density at radius 2 is 1.67 bits per heavy atom. The first kappa shape index (κ1) is 23.9. The minimum atomic E-state index is -0.390. The van der Waals surface area contributed by atoms with E-state index in [1.54, 1.807) is 12.1 Å². The van der Waals surface area contributed by atoms with Gasteiger partial charge in [0.2, 0.25) is 17.5 Å². The number of benzene rings is 2. The van der Waals surface area contributed by atoms with Gasteiger partial charge in [0.25, 0.3) is 11.1 Å². The molecule has 0 fully saturated rings. The first-order valence-corrected chi connectivity index (χ1v) is 10.8. The summed E-state index contributed by atoms with van der Waals surface area (Å²) in [6.45, 7) is 1.99. The van der Waals surface area contributed by atoms with Crippen LogP contribution in [0, 0.1) is 6.92 Å². The van der Waals surface area contributed by atoms with E-state index in [0.717, 1.165) is 17.3 Å². The molecule has 0 aliphatic carbocycles. The van der Waals surface area contributed by atoms with Crippen molar-refractivity contribution >= 4 is 29.3 Å². The Labute approximate surface area is 195 Å². The number of carbonyl (C=O) groups excluding carboxylic acids is 2. The largest absolute Gasteiger partial charge is 0.493 e. The van der Waals surface area contributed by atoms with Gasteiger partial charge in [0.15, 0.2) is 11.5 Å². The average Bonchev–Trinajstić information content (AvgIpc) is 3.29. The van der Waals surface area contributed by atoms with Crippen molar-refractivity contribution in [2.75, 3.05) is 32.4 Å². The molecule has 2 amide bonds. The van der Waals surface area contributed by atoms with Crippen LogP contribution in [-0.2, 0) is 11.3 Å². The van der Waals surface area contributed by atoms with Gasteiger partial charge in [-0.1, -0.05) is 29.5 Å². The fraction of sp³-hybridized carbons (Fsp3) is 0.273. The number of aromatic nitrogens is 2. The van der Waals surface area contributed by atoms with Crippen LogP contribution in [0.4, 0.5) is 5.69 Å². The highest BCUT2D eigenvalue weighted by Gasteiger charge is 2.18. The van der Waals surface area contributed by atoms with Crippen LogP contribution >= 0.6 is 11.8 Å². The number of amides is 2. The molecule has 33 heavy (non-hydrogen) atoms. The Morgan fingerprint density at radius 3 is 2.27 bits per heavy atom. The fourth-order valence-corrected chi connectivity index (χ4v) is 3.38. The Balaban J connectivity index is 1.53. The van der Waals surface area contributed by atoms with Gasteiger partial charge in [-0.3, -0.25) is 9.59 Å². The van der Waals surface area contributed by atoms with E-state index in [4.69, 9.17) is 18.6 Å². The van der Waals surface area contributed by atoms with Crippen molar-refractivity contribution in [1.82, 2.24) is 15.5 Å². The van der Waals surface area contributed by atoms with E-state index >= 15 is 0 Å². The van der Waals surface area contributed by atoms with Crippen LogP contribution < -0.4 is 24.8 Å². The molecule has 0 saturated carbocycles. The number of nitrogens with one attached hydrogen (secondary N) is 2. The molecule has 10 nitrogen and oxygen atoms in total. The maximum atomic E-state index is 12.6. The number of ether oxygens (including phenoxy) is 3. The minimum absolute atomic E-state index is 0.0125. The molecule has 3 aromatic rings. The second-order valence-electron chi connectivity index (χ2n) is 6.76. The monoisotopic (exact) mass is 472 g/mol. The SMILES string of the molecule is COc1cc(C(=O)NCc2nnc(SCC(=O)Nc3ccc(C)cc3)o2)cc(OC)c1OC. The van der Waals surface area contributed by atoms with E-state index in [-0.39, 0.29) is 35.2 Å². The lowest BCUT2D eigenvalue weighted by Crippen LogP contribution is -2.23. The van der Waals surface area contributed by atoms with Gasteiger partial charge in [0.1, 0.15) is 0 Å². The maximum Gasteiger partial charge on any atom is 0.277 e. The van der Waals surface area contributed by atoms with E-state index in [9.17, 15) is 9.59 Å². The second kappa shape index (κ2) is 11.2. The maximum absolute atomic E-state index is 12.6. The molecular weight excluding hydrogens is 448 g/mol. The molecule has 2 N–H and O–H groups in total. The zero-order chi connectivity index (χ0) is 23.8. The zero-order valence-electron chi connectivity index (χ0n) is 18.6. The van der Waals surface area contributed by atoms with Crippen LogP contribution in [-0.4, -0.2) is 49.1 Å². The van der Waals surface area contributed by atoms with Crippen molar-refractivity contribution in [3.05, 3.63) is 53.4 Å². The van der Waals surface area contributed by atoms with Crippen LogP contribution in [0.25, 0.3) is 0 Å². The summed E-state index contributed by atoms with van der Waals surface area (Å²) in [6.07, 6.45) is 0. The predicted octanol–water partition coefficient (Wildman–Crippen LogP) is 3.06. The van der Waals surface area contributed by atoms with Crippen LogP contribution in [0.2, 0.25) is 0 Å². The number of rotatable bonds is 10. The summed E-state index contributed by atoms with van der Waals surface area (Å²) in [5, 5.41) is 13.5. The molecule has 3 rings (SSSR count). The lowest BCUT2D eigenvalue weighted by Gasteiger charge is -2.13. The zero-order valence-corrected chi connectivity index (χ0v) is 19.4. The van der Waals surface area contributed by atoms with Crippen molar-refractivity contribution in [1.29, 1.82) is 0 Å². The minimum Gasteiger partial charge on any atom is -0.493 e. The molecule has 0 unspecified atom stereocenters. The Kier molecular flexibility index (Phi) is 8.14. The molecular formula is C22H24N4O6S. The van der Waals surface area contributed by atoms with Gasteiger partial charge in [0.05, 0.1) is 33.6 Å². The van der Waals surface area contributed by atoms with Gasteiger partial charge in [-0.15, -0.1) is 10.2 Å². The van der Waals surface area contributed by atoms with E-state index in [1.807, 2.05) is 31.2 Å². The Hall–Kier alpha value is -3.73. The van der Waals surface area contributed by atoms with Gasteiger partial charge in [0, 0.05) is 11.3 Å². The van der Waals surface area contributed by atoms with Crippen molar-refractivity contribution in [3.63, 3.8) is 0 Å². The molecule has 0 bridgehead atoms. The summed E-state index contributed by atoms with van der Waals surface area (Å²) >= 11 is 1.10. The van der Waals surface area contributed by atoms with Gasteiger partial charge in [-0.25, -0.2) is 0 Å². The number of anilines is 1. The number of aryl methyl sites for hydroxylation is 1. The first-order chi connectivity index (χ1) is 15.9. The molecule has 11 heteroatoms. The van der Waals surface area contributed by atoms with Crippen molar-refractivity contribution in [3.8, 4) is 17.2 Å². The van der Waals surface area contributed by atoms with Gasteiger partial charge >= 0.3 is 0 Å². The summed E-state index contributed by atoms with van der Waals surface area (Å²) in [7, 11) is 4.42. The van der Waals surface area contributed by atoms with Gasteiger partial charge in [-0.05, 0) is 31.2 Å². The molecule has 1 aromatic heterocycles. The van der Waals surface area contributed by atoms with E-state index < -0.39 is 0 Å². The molecule has 0 radical (unpaired) electrons. The van der Waals surface area contributed by atoms with E-state index in [0.29, 0.717) is 28.5 Å². The standard InChI is InChI=1S/C22H24N4O6S/c1-13-5-7-15(8-6-13)24-18(27)12-33-22-26-25-19(32-22)11-23-21(28)14-9-16(29-2)20(31-4)17(10-14)30-3/h5-10H,11-12H2,1-4H3,(H,23,28)(H,24,27). The van der Waals surface area contributed by atoms with Gasteiger partial charge in [-0.2, -0.15) is 0 Å². The Morgan fingerprint density at radius 1 is 1.00 bits per heavy atom. The third-order valence-corrected chi connectivity index (χ3v) is 5.26.